The number of primary sulfonamides is 1. The quantitative estimate of drug-likeness (QED) is 0.790. The van der Waals surface area contributed by atoms with Crippen LogP contribution in [0, 0.1) is 0 Å². The molecule has 0 unspecified atom stereocenters. The molecule has 0 amide bonds. The number of sulfonamides is 1. The highest BCUT2D eigenvalue weighted by molar-refractivity contribution is 7.88. The summed E-state index contributed by atoms with van der Waals surface area (Å²) in [6.45, 7) is 2.02. The van der Waals surface area contributed by atoms with Crippen molar-refractivity contribution in [3.63, 3.8) is 0 Å². The molecular weight excluding hydrogens is 186 g/mol. The van der Waals surface area contributed by atoms with E-state index in [2.05, 4.69) is 0 Å². The van der Waals surface area contributed by atoms with Crippen LogP contribution in [0.2, 0.25) is 0 Å². The summed E-state index contributed by atoms with van der Waals surface area (Å²) < 4.78 is 21.6. The third-order valence-corrected chi connectivity index (χ3v) is 2.50. The highest BCUT2D eigenvalue weighted by atomic mass is 32.2. The summed E-state index contributed by atoms with van der Waals surface area (Å²) in [6, 6.07) is 7.44. The van der Waals surface area contributed by atoms with Gasteiger partial charge in [0.1, 0.15) is 0 Å². The third kappa shape index (κ3) is 3.57. The summed E-state index contributed by atoms with van der Waals surface area (Å²) in [5, 5.41) is 4.93. The Balaban J connectivity index is 2.90. The normalized spacial score (nSPS) is 11.5. The largest absolute Gasteiger partial charge is 0.228 e. The van der Waals surface area contributed by atoms with Crippen LogP contribution in [0.5, 0.6) is 0 Å². The van der Waals surface area contributed by atoms with Gasteiger partial charge in [0.05, 0.1) is 5.75 Å². The lowest BCUT2D eigenvalue weighted by Gasteiger charge is -2.01. The van der Waals surface area contributed by atoms with E-state index < -0.39 is 10.0 Å². The van der Waals surface area contributed by atoms with Crippen molar-refractivity contribution < 1.29 is 8.42 Å². The Bertz CT molecular complexity index is 384. The zero-order chi connectivity index (χ0) is 9.90. The average Bonchev–Trinajstić information content (AvgIpc) is 2.01. The molecule has 0 aliphatic carbocycles. The van der Waals surface area contributed by atoms with Crippen molar-refractivity contribution >= 4 is 10.0 Å². The molecule has 0 fully saturated rings. The van der Waals surface area contributed by atoms with Gasteiger partial charge >= 0.3 is 0 Å². The fourth-order valence-corrected chi connectivity index (χ4v) is 1.82. The van der Waals surface area contributed by atoms with Gasteiger partial charge < -0.3 is 0 Å². The van der Waals surface area contributed by atoms with Gasteiger partial charge in [0.15, 0.2) is 0 Å². The molecule has 13 heavy (non-hydrogen) atoms. The van der Waals surface area contributed by atoms with Crippen LogP contribution in [0.3, 0.4) is 0 Å². The molecular formula is C9H13NO2S. The van der Waals surface area contributed by atoms with Crippen LogP contribution in [-0.2, 0) is 22.2 Å². The van der Waals surface area contributed by atoms with Gasteiger partial charge in [0, 0.05) is 0 Å². The molecule has 1 aromatic rings. The van der Waals surface area contributed by atoms with Crippen LogP contribution in [0.4, 0.5) is 0 Å². The van der Waals surface area contributed by atoms with Crippen molar-refractivity contribution in [2.75, 3.05) is 0 Å². The second-order valence-corrected chi connectivity index (χ2v) is 4.60. The molecule has 0 atom stereocenters. The summed E-state index contributed by atoms with van der Waals surface area (Å²) >= 11 is 0. The number of nitrogens with two attached hydrogens (primary N) is 1. The minimum atomic E-state index is -3.40. The highest BCUT2D eigenvalue weighted by Crippen LogP contribution is 2.07. The van der Waals surface area contributed by atoms with Crippen LogP contribution in [0.25, 0.3) is 0 Å². The smallest absolute Gasteiger partial charge is 0.213 e. The van der Waals surface area contributed by atoms with Crippen molar-refractivity contribution in [1.82, 2.24) is 0 Å². The lowest BCUT2D eigenvalue weighted by Crippen LogP contribution is -2.14. The van der Waals surface area contributed by atoms with Gasteiger partial charge in [0.2, 0.25) is 10.0 Å². The van der Waals surface area contributed by atoms with E-state index in [4.69, 9.17) is 5.14 Å². The monoisotopic (exact) mass is 199 g/mol. The maximum absolute atomic E-state index is 10.8. The first-order valence-electron chi connectivity index (χ1n) is 4.09. The molecule has 0 radical (unpaired) electrons. The van der Waals surface area contributed by atoms with Crippen molar-refractivity contribution in [1.29, 1.82) is 0 Å². The number of hydrogen-bond donors (Lipinski definition) is 1. The summed E-state index contributed by atoms with van der Waals surface area (Å²) in [6.07, 6.45) is 0.901. The topological polar surface area (TPSA) is 60.2 Å². The Hall–Kier alpha value is -0.870. The zero-order valence-corrected chi connectivity index (χ0v) is 8.34. The van der Waals surface area contributed by atoms with E-state index >= 15 is 0 Å². The van der Waals surface area contributed by atoms with Gasteiger partial charge in [-0.2, -0.15) is 0 Å². The summed E-state index contributed by atoms with van der Waals surface area (Å²) in [5.74, 6) is -0.0825. The van der Waals surface area contributed by atoms with Crippen LogP contribution < -0.4 is 5.14 Å². The summed E-state index contributed by atoms with van der Waals surface area (Å²) in [4.78, 5) is 0. The predicted molar refractivity (Wildman–Crippen MR) is 52.6 cm³/mol. The van der Waals surface area contributed by atoms with Crippen LogP contribution in [-0.4, -0.2) is 8.42 Å². The molecule has 72 valence electrons. The van der Waals surface area contributed by atoms with E-state index in [0.717, 1.165) is 17.5 Å². The molecule has 0 saturated carbocycles. The van der Waals surface area contributed by atoms with Gasteiger partial charge in [-0.15, -0.1) is 0 Å². The Morgan fingerprint density at radius 2 is 1.92 bits per heavy atom. The number of aryl methyl sites for hydroxylation is 1. The van der Waals surface area contributed by atoms with E-state index in [0.29, 0.717) is 0 Å². The Morgan fingerprint density at radius 3 is 2.46 bits per heavy atom. The minimum Gasteiger partial charge on any atom is -0.228 e. The van der Waals surface area contributed by atoms with E-state index in [1.807, 2.05) is 25.1 Å². The van der Waals surface area contributed by atoms with Crippen LogP contribution in [0.1, 0.15) is 18.1 Å². The van der Waals surface area contributed by atoms with Crippen molar-refractivity contribution in [2.24, 2.45) is 5.14 Å². The first-order valence-corrected chi connectivity index (χ1v) is 5.81. The molecule has 0 spiro atoms. The molecule has 2 N–H and O–H groups in total. The first-order chi connectivity index (χ1) is 6.01. The Kier molecular flexibility index (Phi) is 3.06. The van der Waals surface area contributed by atoms with Gasteiger partial charge in [-0.25, -0.2) is 13.6 Å². The van der Waals surface area contributed by atoms with E-state index in [9.17, 15) is 8.42 Å². The molecule has 0 aliphatic heterocycles. The average molecular weight is 199 g/mol. The highest BCUT2D eigenvalue weighted by Gasteiger charge is 2.04. The van der Waals surface area contributed by atoms with Crippen molar-refractivity contribution in [2.45, 2.75) is 19.1 Å². The zero-order valence-electron chi connectivity index (χ0n) is 7.53. The molecule has 3 nitrogen and oxygen atoms in total. The van der Waals surface area contributed by atoms with Gasteiger partial charge in [-0.3, -0.25) is 0 Å². The van der Waals surface area contributed by atoms with Gasteiger partial charge in [0.25, 0.3) is 0 Å². The summed E-state index contributed by atoms with van der Waals surface area (Å²) in [5.41, 5.74) is 1.88. The maximum atomic E-state index is 10.8. The second-order valence-electron chi connectivity index (χ2n) is 2.98. The number of benzene rings is 1. The van der Waals surface area contributed by atoms with E-state index in [1.165, 1.54) is 0 Å². The third-order valence-electron chi connectivity index (χ3n) is 1.77. The molecule has 1 rings (SSSR count). The molecule has 0 heterocycles. The Labute approximate surface area is 78.6 Å². The van der Waals surface area contributed by atoms with Crippen molar-refractivity contribution in [3.8, 4) is 0 Å². The lowest BCUT2D eigenvalue weighted by molar-refractivity contribution is 0.597. The van der Waals surface area contributed by atoms with Gasteiger partial charge in [-0.05, 0) is 17.5 Å². The maximum Gasteiger partial charge on any atom is 0.213 e. The predicted octanol–water partition coefficient (Wildman–Crippen LogP) is 1.04. The molecule has 0 bridgehead atoms. The number of hydrogen-bond acceptors (Lipinski definition) is 2. The van der Waals surface area contributed by atoms with Crippen LogP contribution in [0.15, 0.2) is 24.3 Å². The summed E-state index contributed by atoms with van der Waals surface area (Å²) in [7, 11) is -3.40. The van der Waals surface area contributed by atoms with E-state index in [-0.39, 0.29) is 5.75 Å². The first kappa shape index (κ1) is 10.2. The molecule has 0 saturated heterocycles. The Morgan fingerprint density at radius 1 is 1.31 bits per heavy atom. The standard InChI is InChI=1S/C9H13NO2S/c1-2-8-4-3-5-9(6-8)7-13(10,11)12/h3-6H,2,7H2,1H3,(H2,10,11,12). The van der Waals surface area contributed by atoms with Crippen molar-refractivity contribution in [3.05, 3.63) is 35.4 Å². The lowest BCUT2D eigenvalue weighted by atomic mass is 10.1. The molecule has 0 aliphatic rings. The molecule has 1 aromatic carbocycles. The SMILES string of the molecule is CCc1cccc(CS(N)(=O)=O)c1. The van der Waals surface area contributed by atoms with Crippen LogP contribution >= 0.6 is 0 Å². The molecule has 0 aromatic heterocycles. The number of rotatable bonds is 3. The van der Waals surface area contributed by atoms with Gasteiger partial charge in [-0.1, -0.05) is 31.2 Å². The minimum absolute atomic E-state index is 0.0825. The van der Waals surface area contributed by atoms with E-state index in [1.54, 1.807) is 6.07 Å². The second kappa shape index (κ2) is 3.89. The fraction of sp³-hybridized carbons (Fsp3) is 0.333. The molecule has 4 heteroatoms. The fourth-order valence-electron chi connectivity index (χ4n) is 1.17.